The van der Waals surface area contributed by atoms with E-state index < -0.39 is 0 Å². The number of carbonyl (C=O) groups excluding carboxylic acids is 2. The van der Waals surface area contributed by atoms with Gasteiger partial charge in [-0.05, 0) is 31.5 Å². The van der Waals surface area contributed by atoms with E-state index in [4.69, 9.17) is 0 Å². The van der Waals surface area contributed by atoms with Crippen LogP contribution >= 0.6 is 0 Å². The normalized spacial score (nSPS) is 23.2. The second-order valence-corrected chi connectivity index (χ2v) is 6.91. The Hall–Kier alpha value is -1.92. The van der Waals surface area contributed by atoms with E-state index in [0.717, 1.165) is 39.0 Å². The van der Waals surface area contributed by atoms with Crippen LogP contribution in [0.1, 0.15) is 24.8 Å². The molecule has 0 spiro atoms. The van der Waals surface area contributed by atoms with Crippen molar-refractivity contribution >= 4 is 11.8 Å². The number of piperazine rings is 1. The Morgan fingerprint density at radius 1 is 1.20 bits per heavy atom. The highest BCUT2D eigenvalue weighted by Crippen LogP contribution is 2.22. The summed E-state index contributed by atoms with van der Waals surface area (Å²) < 4.78 is 0. The maximum atomic E-state index is 12.3. The summed E-state index contributed by atoms with van der Waals surface area (Å²) in [4.78, 5) is 28.8. The molecule has 0 aliphatic carbocycles. The van der Waals surface area contributed by atoms with Gasteiger partial charge in [0, 0.05) is 32.7 Å². The minimum absolute atomic E-state index is 0.0124. The van der Waals surface area contributed by atoms with Crippen molar-refractivity contribution in [1.82, 2.24) is 20.4 Å². The molecule has 1 atom stereocenters. The number of piperidine rings is 1. The number of hydrogen-bond donors (Lipinski definition) is 2. The van der Waals surface area contributed by atoms with Crippen LogP contribution in [0.25, 0.3) is 0 Å². The Labute approximate surface area is 149 Å². The number of nitrogens with zero attached hydrogens (tertiary/aromatic N) is 2. The highest BCUT2D eigenvalue weighted by Gasteiger charge is 2.36. The summed E-state index contributed by atoms with van der Waals surface area (Å²) in [6, 6.07) is 10.6. The van der Waals surface area contributed by atoms with Gasteiger partial charge in [-0.25, -0.2) is 0 Å². The number of hydrogen-bond acceptors (Lipinski definition) is 4. The molecule has 2 fully saturated rings. The standard InChI is InChI=1S/C19H28N4O2/c1-20-18(24)13-17-19(25)21-9-12-23(17)16-7-10-22(11-8-16)14-15-5-3-2-4-6-15/h2-6,16-17H,7-14H2,1H3,(H,20,24)(H,21,25). The average Bonchev–Trinajstić information content (AvgIpc) is 2.65. The zero-order valence-electron chi connectivity index (χ0n) is 14.9. The van der Waals surface area contributed by atoms with Gasteiger partial charge in [-0.15, -0.1) is 0 Å². The molecule has 0 aromatic heterocycles. The van der Waals surface area contributed by atoms with Crippen molar-refractivity contribution in [3.63, 3.8) is 0 Å². The van der Waals surface area contributed by atoms with Crippen molar-refractivity contribution in [3.05, 3.63) is 35.9 Å². The Kier molecular flexibility index (Phi) is 6.04. The molecule has 0 radical (unpaired) electrons. The van der Waals surface area contributed by atoms with Gasteiger partial charge < -0.3 is 10.6 Å². The number of carbonyl (C=O) groups is 2. The molecule has 6 heteroatoms. The van der Waals surface area contributed by atoms with E-state index in [9.17, 15) is 9.59 Å². The van der Waals surface area contributed by atoms with Crippen LogP contribution in [0.5, 0.6) is 0 Å². The molecule has 0 bridgehead atoms. The van der Waals surface area contributed by atoms with Gasteiger partial charge in [0.15, 0.2) is 0 Å². The first-order chi connectivity index (χ1) is 12.2. The third-order valence-corrected chi connectivity index (χ3v) is 5.30. The molecular formula is C19H28N4O2. The maximum absolute atomic E-state index is 12.3. The fourth-order valence-electron chi connectivity index (χ4n) is 3.91. The molecule has 2 saturated heterocycles. The Bertz CT molecular complexity index is 584. The Morgan fingerprint density at radius 2 is 1.92 bits per heavy atom. The van der Waals surface area contributed by atoms with Gasteiger partial charge in [-0.1, -0.05) is 30.3 Å². The van der Waals surface area contributed by atoms with Crippen molar-refractivity contribution in [1.29, 1.82) is 0 Å². The predicted octanol–water partition coefficient (Wildman–Crippen LogP) is 0.588. The lowest BCUT2D eigenvalue weighted by Gasteiger charge is -2.43. The van der Waals surface area contributed by atoms with E-state index in [1.807, 2.05) is 6.07 Å². The molecule has 2 aliphatic heterocycles. The molecule has 25 heavy (non-hydrogen) atoms. The van der Waals surface area contributed by atoms with Crippen molar-refractivity contribution in [3.8, 4) is 0 Å². The van der Waals surface area contributed by atoms with Gasteiger partial charge in [0.25, 0.3) is 0 Å². The summed E-state index contributed by atoms with van der Waals surface area (Å²) in [5, 5.41) is 5.54. The second kappa shape index (κ2) is 8.45. The lowest BCUT2D eigenvalue weighted by Crippen LogP contribution is -2.60. The second-order valence-electron chi connectivity index (χ2n) is 6.91. The van der Waals surface area contributed by atoms with Gasteiger partial charge in [0.1, 0.15) is 0 Å². The smallest absolute Gasteiger partial charge is 0.237 e. The van der Waals surface area contributed by atoms with E-state index in [1.54, 1.807) is 7.05 Å². The zero-order valence-corrected chi connectivity index (χ0v) is 14.9. The first-order valence-corrected chi connectivity index (χ1v) is 9.17. The summed E-state index contributed by atoms with van der Waals surface area (Å²) >= 11 is 0. The lowest BCUT2D eigenvalue weighted by atomic mass is 9.97. The molecule has 3 rings (SSSR count). The van der Waals surface area contributed by atoms with Crippen molar-refractivity contribution < 1.29 is 9.59 Å². The number of amides is 2. The number of rotatable bonds is 5. The molecule has 0 saturated carbocycles. The largest absolute Gasteiger partial charge is 0.359 e. The molecule has 1 aromatic rings. The SMILES string of the molecule is CNC(=O)CC1C(=O)NCCN1C1CCN(Cc2ccccc2)CC1. The first-order valence-electron chi connectivity index (χ1n) is 9.17. The summed E-state index contributed by atoms with van der Waals surface area (Å²) in [5.41, 5.74) is 1.34. The first kappa shape index (κ1) is 17.9. The highest BCUT2D eigenvalue weighted by atomic mass is 16.2. The minimum atomic E-state index is -0.334. The van der Waals surface area contributed by atoms with E-state index in [1.165, 1.54) is 5.56 Å². The van der Waals surface area contributed by atoms with Gasteiger partial charge >= 0.3 is 0 Å². The summed E-state index contributed by atoms with van der Waals surface area (Å²) in [6.45, 7) is 4.55. The molecule has 136 valence electrons. The van der Waals surface area contributed by atoms with Gasteiger partial charge in [0.2, 0.25) is 11.8 Å². The fourth-order valence-corrected chi connectivity index (χ4v) is 3.91. The molecular weight excluding hydrogens is 316 g/mol. The van der Waals surface area contributed by atoms with Gasteiger partial charge in [-0.3, -0.25) is 19.4 Å². The third kappa shape index (κ3) is 4.58. The molecule has 6 nitrogen and oxygen atoms in total. The minimum Gasteiger partial charge on any atom is -0.359 e. The molecule has 1 aromatic carbocycles. The third-order valence-electron chi connectivity index (χ3n) is 5.30. The number of likely N-dealkylation sites (tertiary alicyclic amines) is 1. The molecule has 2 aliphatic rings. The van der Waals surface area contributed by atoms with Crippen LogP contribution in [-0.4, -0.2) is 66.9 Å². The van der Waals surface area contributed by atoms with Crippen LogP contribution in [0, 0.1) is 0 Å². The van der Waals surface area contributed by atoms with Crippen LogP contribution in [0.3, 0.4) is 0 Å². The monoisotopic (exact) mass is 344 g/mol. The topological polar surface area (TPSA) is 64.7 Å². The van der Waals surface area contributed by atoms with E-state index in [2.05, 4.69) is 44.7 Å². The Morgan fingerprint density at radius 3 is 2.60 bits per heavy atom. The van der Waals surface area contributed by atoms with E-state index in [0.29, 0.717) is 12.6 Å². The van der Waals surface area contributed by atoms with E-state index >= 15 is 0 Å². The molecule has 2 amide bonds. The van der Waals surface area contributed by atoms with E-state index in [-0.39, 0.29) is 24.3 Å². The molecule has 2 N–H and O–H groups in total. The molecule has 2 heterocycles. The predicted molar refractivity (Wildman–Crippen MR) is 96.9 cm³/mol. The van der Waals surface area contributed by atoms with Crippen molar-refractivity contribution in [2.24, 2.45) is 0 Å². The number of benzene rings is 1. The summed E-state index contributed by atoms with van der Waals surface area (Å²) in [5.74, 6) is -0.0878. The number of nitrogens with one attached hydrogen (secondary N) is 2. The van der Waals surface area contributed by atoms with Crippen molar-refractivity contribution in [2.75, 3.05) is 33.2 Å². The molecule has 1 unspecified atom stereocenters. The van der Waals surface area contributed by atoms with Gasteiger partial charge in [-0.2, -0.15) is 0 Å². The quantitative estimate of drug-likeness (QED) is 0.821. The van der Waals surface area contributed by atoms with Crippen LogP contribution in [0.15, 0.2) is 30.3 Å². The lowest BCUT2D eigenvalue weighted by molar-refractivity contribution is -0.135. The van der Waals surface area contributed by atoms with Crippen LogP contribution in [-0.2, 0) is 16.1 Å². The summed E-state index contributed by atoms with van der Waals surface area (Å²) in [6.07, 6.45) is 2.33. The Balaban J connectivity index is 1.56. The zero-order chi connectivity index (χ0) is 17.6. The van der Waals surface area contributed by atoms with Crippen LogP contribution in [0.2, 0.25) is 0 Å². The van der Waals surface area contributed by atoms with Crippen molar-refractivity contribution in [2.45, 2.75) is 37.9 Å². The average molecular weight is 344 g/mol. The highest BCUT2D eigenvalue weighted by molar-refractivity contribution is 5.88. The van der Waals surface area contributed by atoms with Crippen LogP contribution < -0.4 is 10.6 Å². The maximum Gasteiger partial charge on any atom is 0.237 e. The van der Waals surface area contributed by atoms with Crippen LogP contribution in [0.4, 0.5) is 0 Å². The summed E-state index contributed by atoms with van der Waals surface area (Å²) in [7, 11) is 1.62. The fraction of sp³-hybridized carbons (Fsp3) is 0.579. The van der Waals surface area contributed by atoms with Gasteiger partial charge in [0.05, 0.1) is 12.5 Å².